The van der Waals surface area contributed by atoms with Gasteiger partial charge in [-0.15, -0.1) is 0 Å². The third-order valence-electron chi connectivity index (χ3n) is 3.30. The lowest BCUT2D eigenvalue weighted by Gasteiger charge is -2.15. The zero-order valence-electron chi connectivity index (χ0n) is 12.7. The first kappa shape index (κ1) is 15.6. The molecular formula is C18H18N2O2. The minimum absolute atomic E-state index is 0.214. The van der Waals surface area contributed by atoms with Crippen molar-refractivity contribution < 1.29 is 9.53 Å². The zero-order chi connectivity index (χ0) is 15.9. The van der Waals surface area contributed by atoms with Gasteiger partial charge in [0.2, 0.25) is 0 Å². The first-order chi connectivity index (χ1) is 10.6. The summed E-state index contributed by atoms with van der Waals surface area (Å²) in [4.78, 5) is 12.1. The molecule has 0 bridgehead atoms. The summed E-state index contributed by atoms with van der Waals surface area (Å²) in [6.45, 7) is 3.77. The second-order valence-corrected chi connectivity index (χ2v) is 4.94. The number of anilines is 1. The summed E-state index contributed by atoms with van der Waals surface area (Å²) in [6.07, 6.45) is 0.339. The van der Waals surface area contributed by atoms with E-state index in [1.54, 1.807) is 31.2 Å². The Kier molecular flexibility index (Phi) is 5.16. The molecule has 112 valence electrons. The molecule has 0 radical (unpaired) electrons. The molecule has 0 aliphatic heterocycles. The zero-order valence-corrected chi connectivity index (χ0v) is 12.7. The number of rotatable bonds is 5. The van der Waals surface area contributed by atoms with Crippen LogP contribution in [0.15, 0.2) is 48.5 Å². The smallest absolute Gasteiger partial charge is 0.265 e. The lowest BCUT2D eigenvalue weighted by Crippen LogP contribution is -2.30. The van der Waals surface area contributed by atoms with Gasteiger partial charge in [-0.05, 0) is 55.3 Å². The van der Waals surface area contributed by atoms with Crippen molar-refractivity contribution in [1.29, 1.82) is 5.26 Å². The highest BCUT2D eigenvalue weighted by Gasteiger charge is 2.14. The number of ether oxygens (including phenoxy) is 1. The molecule has 0 spiro atoms. The number of carbonyl (C=O) groups is 1. The van der Waals surface area contributed by atoms with Crippen LogP contribution < -0.4 is 10.1 Å². The van der Waals surface area contributed by atoms with Crippen LogP contribution in [-0.2, 0) is 11.2 Å². The number of hydrogen-bond donors (Lipinski definition) is 1. The van der Waals surface area contributed by atoms with Crippen molar-refractivity contribution in [1.82, 2.24) is 0 Å². The topological polar surface area (TPSA) is 62.1 Å². The third-order valence-corrected chi connectivity index (χ3v) is 3.30. The summed E-state index contributed by atoms with van der Waals surface area (Å²) in [7, 11) is 0. The lowest BCUT2D eigenvalue weighted by atomic mass is 10.1. The summed E-state index contributed by atoms with van der Waals surface area (Å²) in [5, 5.41) is 11.6. The minimum atomic E-state index is -0.626. The van der Waals surface area contributed by atoms with Crippen molar-refractivity contribution in [3.63, 3.8) is 0 Å². The molecule has 1 N–H and O–H groups in total. The molecule has 1 unspecified atom stereocenters. The van der Waals surface area contributed by atoms with E-state index in [4.69, 9.17) is 10.00 Å². The van der Waals surface area contributed by atoms with Crippen LogP contribution in [0.4, 0.5) is 5.69 Å². The highest BCUT2D eigenvalue weighted by molar-refractivity contribution is 5.94. The van der Waals surface area contributed by atoms with Gasteiger partial charge in [0, 0.05) is 5.69 Å². The van der Waals surface area contributed by atoms with E-state index in [-0.39, 0.29) is 5.91 Å². The molecule has 2 aromatic rings. The van der Waals surface area contributed by atoms with Crippen molar-refractivity contribution in [2.24, 2.45) is 0 Å². The second kappa shape index (κ2) is 7.28. The quantitative estimate of drug-likeness (QED) is 0.917. The first-order valence-corrected chi connectivity index (χ1v) is 7.19. The molecule has 4 heteroatoms. The number of aryl methyl sites for hydroxylation is 1. The Balaban J connectivity index is 1.94. The van der Waals surface area contributed by atoms with Crippen molar-refractivity contribution >= 4 is 11.6 Å². The van der Waals surface area contributed by atoms with Crippen LogP contribution in [0.25, 0.3) is 0 Å². The lowest BCUT2D eigenvalue weighted by molar-refractivity contribution is -0.122. The average molecular weight is 294 g/mol. The SMILES string of the molecule is CCc1ccc(NC(=O)C(C)Oc2ccc(C#N)cc2)cc1. The van der Waals surface area contributed by atoms with Gasteiger partial charge in [0.05, 0.1) is 11.6 Å². The summed E-state index contributed by atoms with van der Waals surface area (Å²) in [6, 6.07) is 16.4. The largest absolute Gasteiger partial charge is 0.481 e. The summed E-state index contributed by atoms with van der Waals surface area (Å²) < 4.78 is 5.57. The van der Waals surface area contributed by atoms with Crippen molar-refractivity contribution in [2.45, 2.75) is 26.4 Å². The molecule has 1 atom stereocenters. The number of hydrogen-bond acceptors (Lipinski definition) is 3. The fourth-order valence-electron chi connectivity index (χ4n) is 1.93. The molecule has 2 rings (SSSR count). The van der Waals surface area contributed by atoms with Crippen LogP contribution in [0.3, 0.4) is 0 Å². The van der Waals surface area contributed by atoms with Crippen LogP contribution in [0.2, 0.25) is 0 Å². The van der Waals surface area contributed by atoms with Gasteiger partial charge in [0.15, 0.2) is 6.10 Å². The monoisotopic (exact) mass is 294 g/mol. The van der Waals surface area contributed by atoms with Gasteiger partial charge in [-0.2, -0.15) is 5.26 Å². The Bertz CT molecular complexity index is 670. The fourth-order valence-corrected chi connectivity index (χ4v) is 1.93. The van der Waals surface area contributed by atoms with E-state index in [9.17, 15) is 4.79 Å². The van der Waals surface area contributed by atoms with E-state index >= 15 is 0 Å². The number of carbonyl (C=O) groups excluding carboxylic acids is 1. The predicted octanol–water partition coefficient (Wildman–Crippen LogP) is 3.53. The average Bonchev–Trinajstić information content (AvgIpc) is 2.56. The Hall–Kier alpha value is -2.80. The molecule has 0 fully saturated rings. The summed E-state index contributed by atoms with van der Waals surface area (Å²) in [5.74, 6) is 0.344. The van der Waals surface area contributed by atoms with Crippen molar-refractivity contribution in [3.8, 4) is 11.8 Å². The van der Waals surface area contributed by atoms with Gasteiger partial charge in [-0.25, -0.2) is 0 Å². The van der Waals surface area contributed by atoms with E-state index < -0.39 is 6.10 Å². The minimum Gasteiger partial charge on any atom is -0.481 e. The molecule has 0 heterocycles. The summed E-state index contributed by atoms with van der Waals surface area (Å²) >= 11 is 0. The second-order valence-electron chi connectivity index (χ2n) is 4.94. The number of nitrogens with one attached hydrogen (secondary N) is 1. The maximum atomic E-state index is 12.1. The number of nitrogens with zero attached hydrogens (tertiary/aromatic N) is 1. The molecule has 2 aromatic carbocycles. The highest BCUT2D eigenvalue weighted by atomic mass is 16.5. The van der Waals surface area contributed by atoms with Crippen LogP contribution in [0, 0.1) is 11.3 Å². The predicted molar refractivity (Wildman–Crippen MR) is 85.7 cm³/mol. The van der Waals surface area contributed by atoms with E-state index in [0.717, 1.165) is 12.1 Å². The highest BCUT2D eigenvalue weighted by Crippen LogP contribution is 2.15. The Morgan fingerprint density at radius 1 is 1.18 bits per heavy atom. The number of benzene rings is 2. The maximum Gasteiger partial charge on any atom is 0.265 e. The van der Waals surface area contributed by atoms with Gasteiger partial charge in [-0.3, -0.25) is 4.79 Å². The van der Waals surface area contributed by atoms with Gasteiger partial charge >= 0.3 is 0 Å². The van der Waals surface area contributed by atoms with E-state index in [1.165, 1.54) is 5.56 Å². The van der Waals surface area contributed by atoms with E-state index in [0.29, 0.717) is 11.3 Å². The molecule has 22 heavy (non-hydrogen) atoms. The van der Waals surface area contributed by atoms with Gasteiger partial charge in [0.25, 0.3) is 5.91 Å². The van der Waals surface area contributed by atoms with Crippen molar-refractivity contribution in [3.05, 3.63) is 59.7 Å². The third kappa shape index (κ3) is 4.10. The molecule has 4 nitrogen and oxygen atoms in total. The van der Waals surface area contributed by atoms with Crippen LogP contribution >= 0.6 is 0 Å². The molecule has 1 amide bonds. The number of nitriles is 1. The first-order valence-electron chi connectivity index (χ1n) is 7.19. The molecular weight excluding hydrogens is 276 g/mol. The Morgan fingerprint density at radius 3 is 2.36 bits per heavy atom. The molecule has 0 saturated carbocycles. The van der Waals surface area contributed by atoms with Gasteiger partial charge in [0.1, 0.15) is 5.75 Å². The standard InChI is InChI=1S/C18H18N2O2/c1-3-14-4-8-16(9-5-14)20-18(21)13(2)22-17-10-6-15(12-19)7-11-17/h4-11,13H,3H2,1-2H3,(H,20,21). The van der Waals surface area contributed by atoms with Gasteiger partial charge < -0.3 is 10.1 Å². The van der Waals surface area contributed by atoms with E-state index in [2.05, 4.69) is 12.2 Å². The maximum absolute atomic E-state index is 12.1. The molecule has 0 saturated heterocycles. The molecule has 0 aromatic heterocycles. The number of amides is 1. The normalized spacial score (nSPS) is 11.3. The van der Waals surface area contributed by atoms with Crippen molar-refractivity contribution in [2.75, 3.05) is 5.32 Å². The Labute approximate surface area is 130 Å². The van der Waals surface area contributed by atoms with Gasteiger partial charge in [-0.1, -0.05) is 19.1 Å². The fraction of sp³-hybridized carbons (Fsp3) is 0.222. The molecule has 0 aliphatic rings. The van der Waals surface area contributed by atoms with Crippen LogP contribution in [0.5, 0.6) is 5.75 Å². The Morgan fingerprint density at radius 2 is 1.82 bits per heavy atom. The summed E-state index contributed by atoms with van der Waals surface area (Å²) in [5.41, 5.74) is 2.53. The van der Waals surface area contributed by atoms with Crippen LogP contribution in [0.1, 0.15) is 25.0 Å². The van der Waals surface area contributed by atoms with Crippen LogP contribution in [-0.4, -0.2) is 12.0 Å². The van der Waals surface area contributed by atoms with E-state index in [1.807, 2.05) is 30.3 Å². The molecule has 0 aliphatic carbocycles.